The monoisotopic (exact) mass is 371 g/mol. The van der Waals surface area contributed by atoms with Crippen molar-refractivity contribution in [1.29, 1.82) is 0 Å². The summed E-state index contributed by atoms with van der Waals surface area (Å²) in [5, 5.41) is 24.0. The number of aromatic hydroxyl groups is 1. The van der Waals surface area contributed by atoms with Gasteiger partial charge in [-0.1, -0.05) is 0 Å². The molecule has 0 atom stereocenters. The molecule has 0 saturated carbocycles. The van der Waals surface area contributed by atoms with E-state index in [1.54, 1.807) is 7.05 Å². The van der Waals surface area contributed by atoms with Gasteiger partial charge in [0, 0.05) is 24.2 Å². The normalized spacial score (nSPS) is 10.6. The largest absolute Gasteiger partial charge is 0.507 e. The lowest BCUT2D eigenvalue weighted by Gasteiger charge is -2.09. The molecule has 3 rings (SSSR count). The minimum Gasteiger partial charge on any atom is -0.507 e. The van der Waals surface area contributed by atoms with Crippen molar-refractivity contribution in [3.05, 3.63) is 63.7 Å². The topological polar surface area (TPSA) is 132 Å². The lowest BCUT2D eigenvalue weighted by atomic mass is 10.1. The van der Waals surface area contributed by atoms with Gasteiger partial charge in [-0.2, -0.15) is 0 Å². The number of aromatic nitrogens is 1. The molecule has 0 unspecified atom stereocenters. The Labute approximate surface area is 151 Å². The molecular formula is C18H14FN3O5. The first-order chi connectivity index (χ1) is 12.8. The van der Waals surface area contributed by atoms with Crippen LogP contribution in [0.5, 0.6) is 5.75 Å². The van der Waals surface area contributed by atoms with Crippen LogP contribution >= 0.6 is 0 Å². The van der Waals surface area contributed by atoms with E-state index in [9.17, 15) is 23.9 Å². The van der Waals surface area contributed by atoms with Crippen molar-refractivity contribution in [1.82, 2.24) is 4.98 Å². The number of fused-ring (bicyclic) bond motifs is 1. The molecule has 138 valence electrons. The Bertz CT molecular complexity index is 1140. The van der Waals surface area contributed by atoms with E-state index in [-0.39, 0.29) is 16.8 Å². The maximum absolute atomic E-state index is 13.7. The molecule has 0 fully saturated rings. The van der Waals surface area contributed by atoms with Gasteiger partial charge in [-0.15, -0.1) is 0 Å². The standard InChI is InChI=1S/C18H14FN3O5/c1-20-13-6-9(19)4-8-5-12(17(25)22-15(8)13)16(24)21-10-2-3-11(18(26)27)14(23)7-10/h2-7,20,23H,1H3,(H,21,24)(H,22,25)(H,26,27). The number of carbonyl (C=O) groups is 2. The fourth-order valence-corrected chi connectivity index (χ4v) is 2.64. The van der Waals surface area contributed by atoms with E-state index in [0.717, 1.165) is 12.1 Å². The third-order valence-electron chi connectivity index (χ3n) is 3.92. The maximum atomic E-state index is 13.7. The molecule has 3 aromatic rings. The fourth-order valence-electron chi connectivity index (χ4n) is 2.64. The molecule has 5 N–H and O–H groups in total. The second-order valence-corrected chi connectivity index (χ2v) is 5.67. The molecule has 8 nitrogen and oxygen atoms in total. The summed E-state index contributed by atoms with van der Waals surface area (Å²) in [7, 11) is 1.57. The smallest absolute Gasteiger partial charge is 0.339 e. The van der Waals surface area contributed by atoms with Crippen LogP contribution in [0.1, 0.15) is 20.7 Å². The average Bonchev–Trinajstić information content (AvgIpc) is 2.60. The van der Waals surface area contributed by atoms with Gasteiger partial charge in [-0.05, 0) is 30.3 Å². The lowest BCUT2D eigenvalue weighted by Crippen LogP contribution is -2.23. The van der Waals surface area contributed by atoms with Crippen molar-refractivity contribution in [3.63, 3.8) is 0 Å². The summed E-state index contributed by atoms with van der Waals surface area (Å²) in [5.74, 6) is -3.19. The summed E-state index contributed by atoms with van der Waals surface area (Å²) in [6.45, 7) is 0. The number of carboxylic acids is 1. The molecule has 27 heavy (non-hydrogen) atoms. The second kappa shape index (κ2) is 6.79. The summed E-state index contributed by atoms with van der Waals surface area (Å²) < 4.78 is 13.7. The average molecular weight is 371 g/mol. The molecule has 0 aliphatic rings. The molecule has 9 heteroatoms. The Hall–Kier alpha value is -3.88. The van der Waals surface area contributed by atoms with Gasteiger partial charge < -0.3 is 25.8 Å². The number of halogens is 1. The predicted molar refractivity (Wildman–Crippen MR) is 97.1 cm³/mol. The molecule has 0 spiro atoms. The number of benzene rings is 2. The highest BCUT2D eigenvalue weighted by molar-refractivity contribution is 6.06. The molecule has 2 aromatic carbocycles. The number of rotatable bonds is 4. The van der Waals surface area contributed by atoms with Crippen LogP contribution in [-0.4, -0.2) is 34.1 Å². The molecule has 0 aliphatic carbocycles. The van der Waals surface area contributed by atoms with Crippen LogP contribution in [0.3, 0.4) is 0 Å². The summed E-state index contributed by atoms with van der Waals surface area (Å²) in [6.07, 6.45) is 0. The fraction of sp³-hybridized carbons (Fsp3) is 0.0556. The zero-order valence-corrected chi connectivity index (χ0v) is 14.0. The number of carbonyl (C=O) groups excluding carboxylic acids is 1. The van der Waals surface area contributed by atoms with Crippen LogP contribution in [-0.2, 0) is 0 Å². The first-order valence-corrected chi connectivity index (χ1v) is 7.72. The number of aromatic amines is 1. The van der Waals surface area contributed by atoms with Crippen molar-refractivity contribution in [2.24, 2.45) is 0 Å². The molecule has 1 amide bonds. The Morgan fingerprint density at radius 3 is 2.48 bits per heavy atom. The molecular weight excluding hydrogens is 357 g/mol. The lowest BCUT2D eigenvalue weighted by molar-refractivity contribution is 0.0693. The van der Waals surface area contributed by atoms with Crippen LogP contribution < -0.4 is 16.2 Å². The molecule has 1 aromatic heterocycles. The number of phenols is 1. The highest BCUT2D eigenvalue weighted by Crippen LogP contribution is 2.24. The van der Waals surface area contributed by atoms with Crippen molar-refractivity contribution in [2.75, 3.05) is 17.7 Å². The number of nitrogens with one attached hydrogen (secondary N) is 3. The van der Waals surface area contributed by atoms with E-state index in [1.165, 1.54) is 24.3 Å². The third-order valence-corrected chi connectivity index (χ3v) is 3.92. The van der Waals surface area contributed by atoms with E-state index in [1.807, 2.05) is 0 Å². The number of H-pyrrole nitrogens is 1. The van der Waals surface area contributed by atoms with Gasteiger partial charge in [0.05, 0.1) is 11.2 Å². The second-order valence-electron chi connectivity index (χ2n) is 5.67. The third kappa shape index (κ3) is 3.43. The van der Waals surface area contributed by atoms with Crippen LogP contribution in [0.4, 0.5) is 15.8 Å². The van der Waals surface area contributed by atoms with Gasteiger partial charge in [0.15, 0.2) is 0 Å². The van der Waals surface area contributed by atoms with Crippen LogP contribution in [0, 0.1) is 5.82 Å². The molecule has 0 aliphatic heterocycles. The molecule has 0 bridgehead atoms. The van der Waals surface area contributed by atoms with E-state index < -0.39 is 29.0 Å². The summed E-state index contributed by atoms with van der Waals surface area (Å²) in [6, 6.07) is 7.08. The van der Waals surface area contributed by atoms with Gasteiger partial charge in [-0.25, -0.2) is 9.18 Å². The van der Waals surface area contributed by atoms with Gasteiger partial charge in [0.1, 0.15) is 22.7 Å². The Morgan fingerprint density at radius 2 is 1.85 bits per heavy atom. The predicted octanol–water partition coefficient (Wildman–Crippen LogP) is 2.36. The number of carboxylic acid groups (broad SMARTS) is 1. The summed E-state index contributed by atoms with van der Waals surface area (Å²) >= 11 is 0. The SMILES string of the molecule is CNc1cc(F)cc2cc(C(=O)Nc3ccc(C(=O)O)c(O)c3)c(=O)[nH]c12. The number of pyridine rings is 1. The summed E-state index contributed by atoms with van der Waals surface area (Å²) in [4.78, 5) is 38.1. The Kier molecular flexibility index (Phi) is 4.51. The minimum absolute atomic E-state index is 0.0946. The van der Waals surface area contributed by atoms with Gasteiger partial charge in [-0.3, -0.25) is 9.59 Å². The Morgan fingerprint density at radius 1 is 1.11 bits per heavy atom. The minimum atomic E-state index is -1.32. The van der Waals surface area contributed by atoms with Crippen molar-refractivity contribution < 1.29 is 24.2 Å². The molecule has 1 heterocycles. The van der Waals surface area contributed by atoms with Gasteiger partial charge in [0.25, 0.3) is 11.5 Å². The zero-order valence-electron chi connectivity index (χ0n) is 14.0. The number of hydrogen-bond donors (Lipinski definition) is 5. The van der Waals surface area contributed by atoms with E-state index in [0.29, 0.717) is 16.6 Å². The zero-order chi connectivity index (χ0) is 19.7. The first kappa shape index (κ1) is 17.9. The van der Waals surface area contributed by atoms with Crippen LogP contribution in [0.25, 0.3) is 10.9 Å². The van der Waals surface area contributed by atoms with Crippen LogP contribution in [0.15, 0.2) is 41.2 Å². The molecule has 0 radical (unpaired) electrons. The van der Waals surface area contributed by atoms with E-state index in [4.69, 9.17) is 5.11 Å². The number of anilines is 2. The van der Waals surface area contributed by atoms with Gasteiger partial charge in [0.2, 0.25) is 0 Å². The van der Waals surface area contributed by atoms with Crippen molar-refractivity contribution in [3.8, 4) is 5.75 Å². The first-order valence-electron chi connectivity index (χ1n) is 7.72. The highest BCUT2D eigenvalue weighted by atomic mass is 19.1. The summed E-state index contributed by atoms with van der Waals surface area (Å²) in [5.41, 5.74) is -0.470. The Balaban J connectivity index is 1.98. The van der Waals surface area contributed by atoms with Crippen LogP contribution in [0.2, 0.25) is 0 Å². The van der Waals surface area contributed by atoms with E-state index >= 15 is 0 Å². The number of aromatic carboxylic acids is 1. The van der Waals surface area contributed by atoms with Crippen molar-refractivity contribution >= 4 is 34.2 Å². The highest BCUT2D eigenvalue weighted by Gasteiger charge is 2.16. The van der Waals surface area contributed by atoms with E-state index in [2.05, 4.69) is 15.6 Å². The quantitative estimate of drug-likeness (QED) is 0.478. The number of amides is 1. The number of hydrogen-bond acceptors (Lipinski definition) is 5. The molecule has 0 saturated heterocycles. The van der Waals surface area contributed by atoms with Gasteiger partial charge >= 0.3 is 5.97 Å². The maximum Gasteiger partial charge on any atom is 0.339 e. The van der Waals surface area contributed by atoms with Crippen molar-refractivity contribution in [2.45, 2.75) is 0 Å².